The molecule has 0 spiro atoms. The average molecular weight is 361 g/mol. The molecule has 0 radical (unpaired) electrons. The van der Waals surface area contributed by atoms with Crippen molar-refractivity contribution in [3.8, 4) is 11.5 Å². The highest BCUT2D eigenvalue weighted by molar-refractivity contribution is 6.30. The molecule has 0 fully saturated rings. The van der Waals surface area contributed by atoms with Crippen molar-refractivity contribution >= 4 is 23.4 Å². The number of nitrogens with one attached hydrogen (secondary N) is 2. The number of aryl methyl sites for hydroxylation is 1. The van der Waals surface area contributed by atoms with Crippen LogP contribution in [0.5, 0.6) is 11.5 Å². The van der Waals surface area contributed by atoms with Gasteiger partial charge in [0.25, 0.3) is 11.8 Å². The fourth-order valence-electron chi connectivity index (χ4n) is 2.47. The van der Waals surface area contributed by atoms with E-state index >= 15 is 0 Å². The van der Waals surface area contributed by atoms with Gasteiger partial charge in [-0.05, 0) is 48.4 Å². The van der Waals surface area contributed by atoms with Crippen LogP contribution in [-0.2, 0) is 16.0 Å². The van der Waals surface area contributed by atoms with E-state index in [9.17, 15) is 9.59 Å². The van der Waals surface area contributed by atoms with E-state index in [4.69, 9.17) is 21.1 Å². The molecule has 130 valence electrons. The Morgan fingerprint density at radius 2 is 2.08 bits per heavy atom. The van der Waals surface area contributed by atoms with Crippen LogP contribution < -0.4 is 20.3 Å². The van der Waals surface area contributed by atoms with E-state index < -0.39 is 17.9 Å². The summed E-state index contributed by atoms with van der Waals surface area (Å²) < 4.78 is 10.9. The van der Waals surface area contributed by atoms with Gasteiger partial charge in [0.15, 0.2) is 12.7 Å². The number of hydrogen-bond acceptors (Lipinski definition) is 4. The summed E-state index contributed by atoms with van der Waals surface area (Å²) in [5.41, 5.74) is 6.55. The molecule has 2 N–H and O–H groups in total. The molecule has 0 saturated carbocycles. The van der Waals surface area contributed by atoms with Crippen LogP contribution in [0.4, 0.5) is 0 Å². The normalized spacial score (nSPS) is 15.0. The van der Waals surface area contributed by atoms with Crippen molar-refractivity contribution in [2.75, 3.05) is 6.61 Å². The number of carbonyl (C=O) groups is 2. The largest absolute Gasteiger partial charge is 0.484 e. The third kappa shape index (κ3) is 4.42. The first-order valence-electron chi connectivity index (χ1n) is 7.74. The Hall–Kier alpha value is -2.73. The number of amides is 2. The van der Waals surface area contributed by atoms with E-state index in [-0.39, 0.29) is 6.61 Å². The Bertz CT molecular complexity index is 809. The van der Waals surface area contributed by atoms with Gasteiger partial charge in [-0.25, -0.2) is 0 Å². The molecule has 0 aliphatic carbocycles. The van der Waals surface area contributed by atoms with Crippen LogP contribution in [-0.4, -0.2) is 24.5 Å². The summed E-state index contributed by atoms with van der Waals surface area (Å²) in [6, 6.07) is 12.5. The maximum Gasteiger partial charge on any atom is 0.279 e. The predicted octanol–water partition coefficient (Wildman–Crippen LogP) is 2.18. The number of fused-ring (bicyclic) bond motifs is 1. The maximum atomic E-state index is 12.1. The molecule has 7 heteroatoms. The van der Waals surface area contributed by atoms with Crippen LogP contribution in [0, 0.1) is 6.92 Å². The molecule has 2 aromatic rings. The molecular formula is C18H17ClN2O4. The van der Waals surface area contributed by atoms with Crippen molar-refractivity contribution in [1.82, 2.24) is 10.9 Å². The predicted molar refractivity (Wildman–Crippen MR) is 92.5 cm³/mol. The molecule has 1 atom stereocenters. The van der Waals surface area contributed by atoms with Gasteiger partial charge in [0.2, 0.25) is 0 Å². The van der Waals surface area contributed by atoms with Crippen LogP contribution in [0.3, 0.4) is 0 Å². The molecule has 25 heavy (non-hydrogen) atoms. The van der Waals surface area contributed by atoms with Crippen LogP contribution in [0.25, 0.3) is 0 Å². The summed E-state index contributed by atoms with van der Waals surface area (Å²) >= 11 is 5.92. The number of benzene rings is 2. The Morgan fingerprint density at radius 1 is 1.24 bits per heavy atom. The number of hydrazine groups is 1. The highest BCUT2D eigenvalue weighted by atomic mass is 35.5. The van der Waals surface area contributed by atoms with Crippen molar-refractivity contribution in [3.05, 3.63) is 58.6 Å². The highest BCUT2D eigenvalue weighted by Crippen LogP contribution is 2.30. The van der Waals surface area contributed by atoms with Crippen LogP contribution >= 0.6 is 11.6 Å². The highest BCUT2D eigenvalue weighted by Gasteiger charge is 2.29. The molecular weight excluding hydrogens is 344 g/mol. The van der Waals surface area contributed by atoms with Crippen molar-refractivity contribution in [1.29, 1.82) is 0 Å². The number of carbonyl (C=O) groups excluding carboxylic acids is 2. The summed E-state index contributed by atoms with van der Waals surface area (Å²) in [7, 11) is 0. The van der Waals surface area contributed by atoms with Crippen molar-refractivity contribution < 1.29 is 19.1 Å². The molecule has 0 saturated heterocycles. The van der Waals surface area contributed by atoms with Gasteiger partial charge < -0.3 is 9.47 Å². The lowest BCUT2D eigenvalue weighted by Crippen LogP contribution is -2.49. The maximum absolute atomic E-state index is 12.1. The molecule has 2 aromatic carbocycles. The van der Waals surface area contributed by atoms with Gasteiger partial charge in [0.1, 0.15) is 11.5 Å². The first-order valence-corrected chi connectivity index (χ1v) is 8.12. The lowest BCUT2D eigenvalue weighted by atomic mass is 10.1. The molecule has 3 rings (SSSR count). The summed E-state index contributed by atoms with van der Waals surface area (Å²) in [5.74, 6) is 0.316. The molecule has 1 aliphatic rings. The van der Waals surface area contributed by atoms with Crippen LogP contribution in [0.15, 0.2) is 42.5 Å². The number of rotatable bonds is 4. The summed E-state index contributed by atoms with van der Waals surface area (Å²) in [4.78, 5) is 23.9. The minimum atomic E-state index is -0.702. The number of ether oxygens (including phenoxy) is 2. The molecule has 0 bridgehead atoms. The van der Waals surface area contributed by atoms with Gasteiger partial charge >= 0.3 is 0 Å². The molecule has 1 aliphatic heterocycles. The molecule has 0 aromatic heterocycles. The van der Waals surface area contributed by atoms with Gasteiger partial charge in [-0.15, -0.1) is 0 Å². The van der Waals surface area contributed by atoms with Gasteiger partial charge in [-0.2, -0.15) is 0 Å². The summed E-state index contributed by atoms with van der Waals surface area (Å²) in [5, 5.41) is 0.588. The second kappa shape index (κ2) is 7.44. The SMILES string of the molecule is Cc1cccc(OCC(=O)NNC(=O)C2Cc3cc(Cl)ccc3O2)c1. The Labute approximate surface area is 150 Å². The standard InChI is InChI=1S/C18H17ClN2O4/c1-11-3-2-4-14(7-11)24-10-17(22)20-21-18(23)16-9-12-8-13(19)5-6-15(12)25-16/h2-8,16H,9-10H2,1H3,(H,20,22)(H,21,23). The molecule has 1 unspecified atom stereocenters. The fourth-order valence-corrected chi connectivity index (χ4v) is 2.66. The second-order valence-corrected chi connectivity index (χ2v) is 6.14. The third-order valence-electron chi connectivity index (χ3n) is 3.67. The monoisotopic (exact) mass is 360 g/mol. The van der Waals surface area contributed by atoms with E-state index in [1.807, 2.05) is 25.1 Å². The quantitative estimate of drug-likeness (QED) is 0.819. The van der Waals surface area contributed by atoms with Gasteiger partial charge in [0.05, 0.1) is 0 Å². The lowest BCUT2D eigenvalue weighted by molar-refractivity contribution is -0.133. The van der Waals surface area contributed by atoms with Crippen molar-refractivity contribution in [2.24, 2.45) is 0 Å². The zero-order valence-corrected chi connectivity index (χ0v) is 14.3. The zero-order chi connectivity index (χ0) is 17.8. The van der Waals surface area contributed by atoms with Gasteiger partial charge in [-0.1, -0.05) is 23.7 Å². The lowest BCUT2D eigenvalue weighted by Gasteiger charge is -2.12. The Morgan fingerprint density at radius 3 is 2.88 bits per heavy atom. The van der Waals surface area contributed by atoms with Gasteiger partial charge in [-0.3, -0.25) is 20.4 Å². The van der Waals surface area contributed by atoms with E-state index in [2.05, 4.69) is 10.9 Å². The van der Waals surface area contributed by atoms with Crippen LogP contribution in [0.2, 0.25) is 5.02 Å². The first kappa shape index (κ1) is 17.1. The smallest absolute Gasteiger partial charge is 0.279 e. The van der Waals surface area contributed by atoms with Crippen molar-refractivity contribution in [3.63, 3.8) is 0 Å². The summed E-state index contributed by atoms with van der Waals surface area (Å²) in [6.07, 6.45) is -0.302. The number of hydrogen-bond donors (Lipinski definition) is 2. The van der Waals surface area contributed by atoms with E-state index in [0.29, 0.717) is 22.9 Å². The van der Waals surface area contributed by atoms with Gasteiger partial charge in [0, 0.05) is 11.4 Å². The Balaban J connectivity index is 1.44. The summed E-state index contributed by atoms with van der Waals surface area (Å²) in [6.45, 7) is 1.73. The average Bonchev–Trinajstić information content (AvgIpc) is 3.01. The third-order valence-corrected chi connectivity index (χ3v) is 3.91. The van der Waals surface area contributed by atoms with E-state index in [0.717, 1.165) is 11.1 Å². The minimum absolute atomic E-state index is 0.203. The topological polar surface area (TPSA) is 76.7 Å². The van der Waals surface area contributed by atoms with E-state index in [1.165, 1.54) is 0 Å². The number of halogens is 1. The van der Waals surface area contributed by atoms with E-state index in [1.54, 1.807) is 24.3 Å². The fraction of sp³-hybridized carbons (Fsp3) is 0.222. The molecule has 2 amide bonds. The Kier molecular flexibility index (Phi) is 5.09. The van der Waals surface area contributed by atoms with Crippen molar-refractivity contribution in [2.45, 2.75) is 19.4 Å². The second-order valence-electron chi connectivity index (χ2n) is 5.71. The first-order chi connectivity index (χ1) is 12.0. The molecule has 1 heterocycles. The molecule has 6 nitrogen and oxygen atoms in total. The zero-order valence-electron chi connectivity index (χ0n) is 13.5. The van der Waals surface area contributed by atoms with Crippen LogP contribution in [0.1, 0.15) is 11.1 Å². The minimum Gasteiger partial charge on any atom is -0.484 e.